The summed E-state index contributed by atoms with van der Waals surface area (Å²) in [5, 5.41) is 8.45. The molecule has 0 saturated carbocycles. The van der Waals surface area contributed by atoms with E-state index in [2.05, 4.69) is 15.2 Å². The molecule has 1 aliphatic heterocycles. The maximum Gasteiger partial charge on any atom is 0.255 e. The zero-order chi connectivity index (χ0) is 17.1. The highest BCUT2D eigenvalue weighted by Crippen LogP contribution is 2.27. The van der Waals surface area contributed by atoms with Gasteiger partial charge in [-0.15, -0.1) is 10.2 Å². The lowest BCUT2D eigenvalue weighted by molar-refractivity contribution is 0.0703. The van der Waals surface area contributed by atoms with E-state index >= 15 is 0 Å². The number of rotatable bonds is 3. The molecule has 1 saturated heterocycles. The molecule has 1 aliphatic rings. The van der Waals surface area contributed by atoms with Crippen molar-refractivity contribution in [3.05, 3.63) is 72.6 Å². The molecule has 1 fully saturated rings. The molecule has 3 aromatic rings. The van der Waals surface area contributed by atoms with Gasteiger partial charge in [-0.1, -0.05) is 18.2 Å². The number of nitrogens with zero attached hydrogens (tertiary/aromatic N) is 5. The molecule has 0 aliphatic carbocycles. The number of aromatic nitrogens is 4. The predicted octanol–water partition coefficient (Wildman–Crippen LogP) is 2.68. The van der Waals surface area contributed by atoms with E-state index in [4.69, 9.17) is 0 Å². The fraction of sp³-hybridized carbons (Fsp3) is 0.263. The molecule has 0 radical (unpaired) electrons. The van der Waals surface area contributed by atoms with Crippen LogP contribution in [0.5, 0.6) is 0 Å². The van der Waals surface area contributed by atoms with Gasteiger partial charge < -0.3 is 4.90 Å². The van der Waals surface area contributed by atoms with Crippen molar-refractivity contribution in [3.63, 3.8) is 0 Å². The second-order valence-corrected chi connectivity index (χ2v) is 6.23. The van der Waals surface area contributed by atoms with E-state index in [0.29, 0.717) is 12.1 Å². The molecular formula is C19H19N5O. The van der Waals surface area contributed by atoms with Crippen LogP contribution in [-0.2, 0) is 0 Å². The van der Waals surface area contributed by atoms with Crippen molar-refractivity contribution in [1.82, 2.24) is 24.6 Å². The Balaban J connectivity index is 1.57. The molecule has 3 heterocycles. The van der Waals surface area contributed by atoms with Crippen LogP contribution in [-0.4, -0.2) is 43.6 Å². The number of carbonyl (C=O) groups excluding carboxylic acids is 1. The van der Waals surface area contributed by atoms with E-state index in [9.17, 15) is 4.79 Å². The highest BCUT2D eigenvalue weighted by Gasteiger charge is 2.28. The van der Waals surface area contributed by atoms with Gasteiger partial charge in [-0.2, -0.15) is 0 Å². The van der Waals surface area contributed by atoms with Crippen LogP contribution < -0.4 is 0 Å². The van der Waals surface area contributed by atoms with Crippen molar-refractivity contribution in [2.45, 2.75) is 18.8 Å². The smallest absolute Gasteiger partial charge is 0.255 e. The highest BCUT2D eigenvalue weighted by atomic mass is 16.2. The molecule has 6 nitrogen and oxygen atoms in total. The van der Waals surface area contributed by atoms with E-state index in [0.717, 1.165) is 30.9 Å². The first-order chi connectivity index (χ1) is 12.3. The first-order valence-electron chi connectivity index (χ1n) is 8.47. The molecule has 0 spiro atoms. The SMILES string of the molecule is O=C(c1cccnc1)N1CCCC(c2nncn2-c2ccccc2)C1. The Kier molecular flexibility index (Phi) is 4.24. The first kappa shape index (κ1) is 15.5. The summed E-state index contributed by atoms with van der Waals surface area (Å²) in [7, 11) is 0. The Labute approximate surface area is 146 Å². The molecule has 4 rings (SSSR count). The number of hydrogen-bond acceptors (Lipinski definition) is 4. The Morgan fingerprint density at radius 3 is 2.80 bits per heavy atom. The zero-order valence-electron chi connectivity index (χ0n) is 13.8. The molecule has 1 atom stereocenters. The van der Waals surface area contributed by atoms with Gasteiger partial charge in [0.2, 0.25) is 0 Å². The van der Waals surface area contributed by atoms with Crippen LogP contribution in [0.15, 0.2) is 61.2 Å². The predicted molar refractivity (Wildman–Crippen MR) is 93.5 cm³/mol. The topological polar surface area (TPSA) is 63.9 Å². The third kappa shape index (κ3) is 3.15. The van der Waals surface area contributed by atoms with Gasteiger partial charge >= 0.3 is 0 Å². The number of pyridine rings is 1. The van der Waals surface area contributed by atoms with Crippen LogP contribution in [0.4, 0.5) is 0 Å². The lowest BCUT2D eigenvalue weighted by atomic mass is 9.96. The van der Waals surface area contributed by atoms with E-state index in [-0.39, 0.29) is 11.8 Å². The normalized spacial score (nSPS) is 17.4. The third-order valence-corrected chi connectivity index (χ3v) is 4.59. The van der Waals surface area contributed by atoms with Crippen molar-refractivity contribution in [1.29, 1.82) is 0 Å². The summed E-state index contributed by atoms with van der Waals surface area (Å²) in [4.78, 5) is 18.7. The summed E-state index contributed by atoms with van der Waals surface area (Å²) in [5.74, 6) is 1.12. The lowest BCUT2D eigenvalue weighted by Crippen LogP contribution is -2.39. The standard InChI is InChI=1S/C19H19N5O/c25-19(15-6-4-10-20-12-15)23-11-5-7-16(13-23)18-22-21-14-24(18)17-8-2-1-3-9-17/h1-4,6,8-10,12,14,16H,5,7,11,13H2. The minimum atomic E-state index is 0.0311. The van der Waals surface area contributed by atoms with Crippen LogP contribution in [0.25, 0.3) is 5.69 Å². The minimum Gasteiger partial charge on any atom is -0.338 e. The number of para-hydroxylation sites is 1. The molecule has 0 N–H and O–H groups in total. The monoisotopic (exact) mass is 333 g/mol. The fourth-order valence-electron chi connectivity index (χ4n) is 3.35. The van der Waals surface area contributed by atoms with Gasteiger partial charge in [0.05, 0.1) is 5.56 Å². The van der Waals surface area contributed by atoms with Crippen molar-refractivity contribution in [2.24, 2.45) is 0 Å². The van der Waals surface area contributed by atoms with Gasteiger partial charge in [0, 0.05) is 37.1 Å². The first-order valence-corrected chi connectivity index (χ1v) is 8.47. The summed E-state index contributed by atoms with van der Waals surface area (Å²) >= 11 is 0. The number of likely N-dealkylation sites (tertiary alicyclic amines) is 1. The molecule has 2 aromatic heterocycles. The number of piperidine rings is 1. The van der Waals surface area contributed by atoms with Crippen molar-refractivity contribution in [2.75, 3.05) is 13.1 Å². The molecule has 0 bridgehead atoms. The highest BCUT2D eigenvalue weighted by molar-refractivity contribution is 5.93. The van der Waals surface area contributed by atoms with Gasteiger partial charge in [-0.3, -0.25) is 14.3 Å². The van der Waals surface area contributed by atoms with Crippen molar-refractivity contribution < 1.29 is 4.79 Å². The molecule has 1 aromatic carbocycles. The van der Waals surface area contributed by atoms with Crippen LogP contribution in [0.3, 0.4) is 0 Å². The number of amides is 1. The summed E-state index contributed by atoms with van der Waals surface area (Å²) in [6.07, 6.45) is 7.00. The number of benzene rings is 1. The lowest BCUT2D eigenvalue weighted by Gasteiger charge is -2.32. The molecule has 1 amide bonds. The maximum atomic E-state index is 12.7. The van der Waals surface area contributed by atoms with E-state index in [1.165, 1.54) is 0 Å². The number of carbonyl (C=O) groups is 1. The van der Waals surface area contributed by atoms with E-state index < -0.39 is 0 Å². The molecule has 25 heavy (non-hydrogen) atoms. The van der Waals surface area contributed by atoms with Gasteiger partial charge in [0.15, 0.2) is 0 Å². The second-order valence-electron chi connectivity index (χ2n) is 6.23. The Bertz CT molecular complexity index is 847. The van der Waals surface area contributed by atoms with E-state index in [1.807, 2.05) is 45.9 Å². The summed E-state index contributed by atoms with van der Waals surface area (Å²) in [6, 6.07) is 13.7. The van der Waals surface area contributed by atoms with Gasteiger partial charge in [-0.25, -0.2) is 0 Å². The summed E-state index contributed by atoms with van der Waals surface area (Å²) in [5.41, 5.74) is 1.67. The van der Waals surface area contributed by atoms with Crippen LogP contribution in [0.1, 0.15) is 34.9 Å². The quantitative estimate of drug-likeness (QED) is 0.739. The molecular weight excluding hydrogens is 314 g/mol. The summed E-state index contributed by atoms with van der Waals surface area (Å²) in [6.45, 7) is 1.42. The van der Waals surface area contributed by atoms with Crippen molar-refractivity contribution in [3.8, 4) is 5.69 Å². The third-order valence-electron chi connectivity index (χ3n) is 4.59. The Hall–Kier alpha value is -3.02. The molecule has 1 unspecified atom stereocenters. The van der Waals surface area contributed by atoms with Gasteiger partial charge in [-0.05, 0) is 37.1 Å². The largest absolute Gasteiger partial charge is 0.338 e. The average Bonchev–Trinajstić information content (AvgIpc) is 3.19. The zero-order valence-corrected chi connectivity index (χ0v) is 13.8. The second kappa shape index (κ2) is 6.84. The molecule has 126 valence electrons. The average molecular weight is 333 g/mol. The Morgan fingerprint density at radius 2 is 2.00 bits per heavy atom. The number of hydrogen-bond donors (Lipinski definition) is 0. The minimum absolute atomic E-state index is 0.0311. The van der Waals surface area contributed by atoms with Gasteiger partial charge in [0.1, 0.15) is 12.2 Å². The van der Waals surface area contributed by atoms with E-state index in [1.54, 1.807) is 24.8 Å². The summed E-state index contributed by atoms with van der Waals surface area (Å²) < 4.78 is 2.02. The van der Waals surface area contributed by atoms with Crippen LogP contribution in [0, 0.1) is 0 Å². The van der Waals surface area contributed by atoms with Crippen LogP contribution >= 0.6 is 0 Å². The Morgan fingerprint density at radius 1 is 1.12 bits per heavy atom. The van der Waals surface area contributed by atoms with Gasteiger partial charge in [0.25, 0.3) is 5.91 Å². The maximum absolute atomic E-state index is 12.7. The fourth-order valence-corrected chi connectivity index (χ4v) is 3.35. The van der Waals surface area contributed by atoms with Crippen LogP contribution in [0.2, 0.25) is 0 Å². The van der Waals surface area contributed by atoms with Crippen molar-refractivity contribution >= 4 is 5.91 Å². The molecule has 6 heteroatoms.